The molecule has 0 aliphatic carbocycles. The Morgan fingerprint density at radius 2 is 2.00 bits per heavy atom. The molecule has 0 aromatic heterocycles. The minimum absolute atomic E-state index is 0.0418. The molecular weight excluding hydrogens is 164 g/mol. The number of hydrogen-bond donors (Lipinski definition) is 0. The van der Waals surface area contributed by atoms with E-state index in [4.69, 9.17) is 9.47 Å². The van der Waals surface area contributed by atoms with Gasteiger partial charge < -0.3 is 9.47 Å². The molecule has 2 heteroatoms. The standard InChI is InChI=1S/C11H18O2/c1-4-7-11(8-5-2)9-12-10(6-3)13-11/h4-5,10H,1-2,6-9H2,3H3. The third-order valence-electron chi connectivity index (χ3n) is 2.28. The predicted molar refractivity (Wildman–Crippen MR) is 53.5 cm³/mol. The van der Waals surface area contributed by atoms with Gasteiger partial charge in [0.15, 0.2) is 6.29 Å². The summed E-state index contributed by atoms with van der Waals surface area (Å²) in [5.74, 6) is 0. The zero-order chi connectivity index (χ0) is 9.73. The summed E-state index contributed by atoms with van der Waals surface area (Å²) in [5, 5.41) is 0. The van der Waals surface area contributed by atoms with Crippen molar-refractivity contribution in [2.75, 3.05) is 6.61 Å². The fourth-order valence-corrected chi connectivity index (χ4v) is 1.62. The molecule has 0 N–H and O–H groups in total. The summed E-state index contributed by atoms with van der Waals surface area (Å²) >= 11 is 0. The maximum absolute atomic E-state index is 5.81. The number of ether oxygens (including phenoxy) is 2. The molecule has 0 aromatic carbocycles. The fourth-order valence-electron chi connectivity index (χ4n) is 1.62. The van der Waals surface area contributed by atoms with Gasteiger partial charge in [-0.3, -0.25) is 0 Å². The molecule has 0 spiro atoms. The van der Waals surface area contributed by atoms with Crippen molar-refractivity contribution in [3.8, 4) is 0 Å². The van der Waals surface area contributed by atoms with Crippen LogP contribution in [0.25, 0.3) is 0 Å². The highest BCUT2D eigenvalue weighted by atomic mass is 16.7. The van der Waals surface area contributed by atoms with E-state index >= 15 is 0 Å². The second-order valence-electron chi connectivity index (χ2n) is 3.44. The van der Waals surface area contributed by atoms with Gasteiger partial charge >= 0.3 is 0 Å². The molecular formula is C11H18O2. The maximum Gasteiger partial charge on any atom is 0.158 e. The van der Waals surface area contributed by atoms with E-state index in [-0.39, 0.29) is 11.9 Å². The van der Waals surface area contributed by atoms with Gasteiger partial charge in [-0.2, -0.15) is 0 Å². The first-order valence-electron chi connectivity index (χ1n) is 4.77. The van der Waals surface area contributed by atoms with E-state index in [1.807, 2.05) is 12.2 Å². The van der Waals surface area contributed by atoms with Gasteiger partial charge in [-0.1, -0.05) is 19.1 Å². The zero-order valence-corrected chi connectivity index (χ0v) is 8.29. The Kier molecular flexibility index (Phi) is 3.70. The van der Waals surface area contributed by atoms with Crippen molar-refractivity contribution >= 4 is 0 Å². The van der Waals surface area contributed by atoms with Gasteiger partial charge in [0.2, 0.25) is 0 Å². The van der Waals surface area contributed by atoms with Crippen molar-refractivity contribution in [3.05, 3.63) is 25.3 Å². The molecule has 1 aliphatic heterocycles. The minimum atomic E-state index is -0.190. The summed E-state index contributed by atoms with van der Waals surface area (Å²) in [7, 11) is 0. The van der Waals surface area contributed by atoms with Crippen molar-refractivity contribution in [1.82, 2.24) is 0 Å². The molecule has 1 atom stereocenters. The third kappa shape index (κ3) is 2.42. The molecule has 74 valence electrons. The van der Waals surface area contributed by atoms with E-state index in [1.54, 1.807) is 0 Å². The molecule has 1 rings (SSSR count). The van der Waals surface area contributed by atoms with Gasteiger partial charge in [0.1, 0.15) is 5.60 Å². The minimum Gasteiger partial charge on any atom is -0.350 e. The average Bonchev–Trinajstić information content (AvgIpc) is 2.50. The van der Waals surface area contributed by atoms with Crippen LogP contribution >= 0.6 is 0 Å². The van der Waals surface area contributed by atoms with E-state index in [0.29, 0.717) is 6.61 Å². The average molecular weight is 182 g/mol. The Morgan fingerprint density at radius 1 is 1.38 bits per heavy atom. The molecule has 2 nitrogen and oxygen atoms in total. The van der Waals surface area contributed by atoms with E-state index < -0.39 is 0 Å². The van der Waals surface area contributed by atoms with E-state index in [0.717, 1.165) is 19.3 Å². The first-order chi connectivity index (χ1) is 6.26. The summed E-state index contributed by atoms with van der Waals surface area (Å²) in [5.41, 5.74) is -0.190. The Balaban J connectivity index is 2.58. The Hall–Kier alpha value is -0.600. The largest absolute Gasteiger partial charge is 0.350 e. The number of hydrogen-bond acceptors (Lipinski definition) is 2. The first kappa shape index (κ1) is 10.5. The molecule has 0 saturated carbocycles. The Bertz CT molecular complexity index is 177. The van der Waals surface area contributed by atoms with Gasteiger partial charge in [0.05, 0.1) is 6.61 Å². The van der Waals surface area contributed by atoms with Crippen LogP contribution in [0.15, 0.2) is 25.3 Å². The molecule has 1 aliphatic rings. The Labute approximate surface area is 80.2 Å². The van der Waals surface area contributed by atoms with Crippen LogP contribution in [-0.2, 0) is 9.47 Å². The normalized spacial score (nSPS) is 25.8. The quantitative estimate of drug-likeness (QED) is 0.608. The van der Waals surface area contributed by atoms with Gasteiger partial charge in [0, 0.05) is 0 Å². The summed E-state index contributed by atoms with van der Waals surface area (Å²) < 4.78 is 11.3. The lowest BCUT2D eigenvalue weighted by atomic mass is 9.97. The van der Waals surface area contributed by atoms with Crippen LogP contribution in [0.3, 0.4) is 0 Å². The lowest BCUT2D eigenvalue weighted by Gasteiger charge is -2.24. The van der Waals surface area contributed by atoms with Crippen molar-refractivity contribution in [1.29, 1.82) is 0 Å². The lowest BCUT2D eigenvalue weighted by molar-refractivity contribution is -0.0882. The van der Waals surface area contributed by atoms with Crippen LogP contribution in [0.2, 0.25) is 0 Å². The van der Waals surface area contributed by atoms with E-state index in [1.165, 1.54) is 0 Å². The topological polar surface area (TPSA) is 18.5 Å². The Morgan fingerprint density at radius 3 is 2.38 bits per heavy atom. The summed E-state index contributed by atoms with van der Waals surface area (Å²) in [6.45, 7) is 10.2. The third-order valence-corrected chi connectivity index (χ3v) is 2.28. The van der Waals surface area contributed by atoms with E-state index in [2.05, 4.69) is 20.1 Å². The molecule has 0 aromatic rings. The lowest BCUT2D eigenvalue weighted by Crippen LogP contribution is -2.30. The first-order valence-corrected chi connectivity index (χ1v) is 4.77. The monoisotopic (exact) mass is 182 g/mol. The van der Waals surface area contributed by atoms with E-state index in [9.17, 15) is 0 Å². The van der Waals surface area contributed by atoms with Crippen molar-refractivity contribution in [3.63, 3.8) is 0 Å². The van der Waals surface area contributed by atoms with Gasteiger partial charge in [-0.25, -0.2) is 0 Å². The van der Waals surface area contributed by atoms with Crippen molar-refractivity contribution in [2.45, 2.75) is 38.1 Å². The molecule has 1 saturated heterocycles. The van der Waals surface area contributed by atoms with Crippen LogP contribution in [-0.4, -0.2) is 18.5 Å². The predicted octanol–water partition coefficient (Wildman–Crippen LogP) is 2.66. The molecule has 1 unspecified atom stereocenters. The molecule has 1 heterocycles. The van der Waals surface area contributed by atoms with Crippen LogP contribution in [0.5, 0.6) is 0 Å². The maximum atomic E-state index is 5.81. The second-order valence-corrected chi connectivity index (χ2v) is 3.44. The van der Waals surface area contributed by atoms with Crippen molar-refractivity contribution < 1.29 is 9.47 Å². The molecule has 0 bridgehead atoms. The smallest absolute Gasteiger partial charge is 0.158 e. The molecule has 1 fully saturated rings. The summed E-state index contributed by atoms with van der Waals surface area (Å²) in [4.78, 5) is 0. The molecule has 0 amide bonds. The van der Waals surface area contributed by atoms with Gasteiger partial charge in [-0.05, 0) is 19.3 Å². The number of rotatable bonds is 5. The van der Waals surface area contributed by atoms with Crippen LogP contribution in [0.1, 0.15) is 26.2 Å². The van der Waals surface area contributed by atoms with Crippen LogP contribution in [0.4, 0.5) is 0 Å². The highest BCUT2D eigenvalue weighted by Crippen LogP contribution is 2.31. The fraction of sp³-hybridized carbons (Fsp3) is 0.636. The zero-order valence-electron chi connectivity index (χ0n) is 8.29. The second kappa shape index (κ2) is 4.58. The molecule has 13 heavy (non-hydrogen) atoms. The van der Waals surface area contributed by atoms with Gasteiger partial charge in [0.25, 0.3) is 0 Å². The summed E-state index contributed by atoms with van der Waals surface area (Å²) in [6, 6.07) is 0. The van der Waals surface area contributed by atoms with Gasteiger partial charge in [-0.15, -0.1) is 13.2 Å². The van der Waals surface area contributed by atoms with Crippen molar-refractivity contribution in [2.24, 2.45) is 0 Å². The summed E-state index contributed by atoms with van der Waals surface area (Å²) in [6.07, 6.45) is 6.27. The van der Waals surface area contributed by atoms with Crippen LogP contribution in [0, 0.1) is 0 Å². The highest BCUT2D eigenvalue weighted by molar-refractivity contribution is 4.96. The SMILES string of the molecule is C=CCC1(CC=C)COC(CC)O1. The van der Waals surface area contributed by atoms with Crippen LogP contribution < -0.4 is 0 Å². The highest BCUT2D eigenvalue weighted by Gasteiger charge is 2.38. The molecule has 0 radical (unpaired) electrons.